The summed E-state index contributed by atoms with van der Waals surface area (Å²) in [6.45, 7) is 0. The molecule has 0 spiro atoms. The SMILES string of the molecule is Nc1cncc(-c2ccns2)c1. The van der Waals surface area contributed by atoms with Crippen LogP contribution in [-0.2, 0) is 0 Å². The normalized spacial score (nSPS) is 10.0. The first kappa shape index (κ1) is 7.24. The van der Waals surface area contributed by atoms with Crippen molar-refractivity contribution >= 4 is 17.2 Å². The highest BCUT2D eigenvalue weighted by atomic mass is 32.1. The second-order valence-electron chi connectivity index (χ2n) is 2.38. The van der Waals surface area contributed by atoms with Crippen molar-refractivity contribution < 1.29 is 0 Å². The molecule has 0 amide bonds. The van der Waals surface area contributed by atoms with Crippen LogP contribution in [0.2, 0.25) is 0 Å². The minimum atomic E-state index is 0.681. The summed E-state index contributed by atoms with van der Waals surface area (Å²) in [5.41, 5.74) is 7.29. The molecule has 0 aliphatic carbocycles. The molecule has 0 unspecified atom stereocenters. The second kappa shape index (κ2) is 2.91. The number of anilines is 1. The number of aromatic nitrogens is 2. The monoisotopic (exact) mass is 177 g/mol. The van der Waals surface area contributed by atoms with Crippen LogP contribution >= 0.6 is 11.5 Å². The zero-order valence-corrected chi connectivity index (χ0v) is 7.08. The third-order valence-electron chi connectivity index (χ3n) is 1.48. The third kappa shape index (κ3) is 1.29. The maximum absolute atomic E-state index is 5.59. The van der Waals surface area contributed by atoms with Crippen molar-refractivity contribution in [1.29, 1.82) is 0 Å². The molecular formula is C8H7N3S. The van der Waals surface area contributed by atoms with Crippen LogP contribution in [0.25, 0.3) is 10.4 Å². The van der Waals surface area contributed by atoms with Gasteiger partial charge in [-0.25, -0.2) is 4.37 Å². The smallest absolute Gasteiger partial charge is 0.0566 e. The van der Waals surface area contributed by atoms with Crippen LogP contribution in [-0.4, -0.2) is 9.36 Å². The predicted molar refractivity (Wildman–Crippen MR) is 49.8 cm³/mol. The Hall–Kier alpha value is -1.42. The van der Waals surface area contributed by atoms with Crippen molar-refractivity contribution in [3.05, 3.63) is 30.7 Å². The van der Waals surface area contributed by atoms with Crippen LogP contribution in [0.15, 0.2) is 30.7 Å². The molecule has 3 nitrogen and oxygen atoms in total. The Morgan fingerprint density at radius 1 is 1.33 bits per heavy atom. The highest BCUT2D eigenvalue weighted by molar-refractivity contribution is 7.09. The Balaban J connectivity index is 2.48. The van der Waals surface area contributed by atoms with E-state index in [0.29, 0.717) is 5.69 Å². The van der Waals surface area contributed by atoms with Crippen LogP contribution in [0.4, 0.5) is 5.69 Å². The van der Waals surface area contributed by atoms with E-state index in [0.717, 1.165) is 10.4 Å². The molecule has 2 aromatic rings. The summed E-state index contributed by atoms with van der Waals surface area (Å²) in [7, 11) is 0. The van der Waals surface area contributed by atoms with E-state index in [1.54, 1.807) is 18.6 Å². The number of rotatable bonds is 1. The van der Waals surface area contributed by atoms with Gasteiger partial charge in [-0.1, -0.05) is 0 Å². The number of nitrogens with two attached hydrogens (primary N) is 1. The topological polar surface area (TPSA) is 51.8 Å². The second-order valence-corrected chi connectivity index (χ2v) is 3.22. The summed E-state index contributed by atoms with van der Waals surface area (Å²) in [5, 5.41) is 0. The molecule has 0 aliphatic rings. The molecule has 2 rings (SSSR count). The van der Waals surface area contributed by atoms with Crippen LogP contribution in [0.3, 0.4) is 0 Å². The minimum absolute atomic E-state index is 0.681. The highest BCUT2D eigenvalue weighted by Crippen LogP contribution is 2.22. The van der Waals surface area contributed by atoms with E-state index in [1.165, 1.54) is 11.5 Å². The van der Waals surface area contributed by atoms with Gasteiger partial charge < -0.3 is 5.73 Å². The Morgan fingerprint density at radius 2 is 2.25 bits per heavy atom. The zero-order chi connectivity index (χ0) is 8.39. The van der Waals surface area contributed by atoms with Crippen LogP contribution in [0, 0.1) is 0 Å². The first-order valence-electron chi connectivity index (χ1n) is 3.48. The van der Waals surface area contributed by atoms with Crippen molar-refractivity contribution in [1.82, 2.24) is 9.36 Å². The van der Waals surface area contributed by atoms with Gasteiger partial charge in [-0.05, 0) is 23.7 Å². The number of nitrogens with zero attached hydrogens (tertiary/aromatic N) is 2. The van der Waals surface area contributed by atoms with Gasteiger partial charge in [0.05, 0.1) is 10.6 Å². The molecule has 0 saturated heterocycles. The molecule has 4 heteroatoms. The quantitative estimate of drug-likeness (QED) is 0.722. The summed E-state index contributed by atoms with van der Waals surface area (Å²) in [4.78, 5) is 5.09. The van der Waals surface area contributed by atoms with Crippen molar-refractivity contribution in [2.24, 2.45) is 0 Å². The standard InChI is InChI=1S/C8H7N3S/c9-7-3-6(4-10-5-7)8-1-2-11-12-8/h1-5H,9H2. The number of pyridine rings is 1. The van der Waals surface area contributed by atoms with E-state index in [2.05, 4.69) is 9.36 Å². The lowest BCUT2D eigenvalue weighted by molar-refractivity contribution is 1.34. The van der Waals surface area contributed by atoms with E-state index >= 15 is 0 Å². The summed E-state index contributed by atoms with van der Waals surface area (Å²) in [6.07, 6.45) is 5.18. The van der Waals surface area contributed by atoms with Gasteiger partial charge in [-0.2, -0.15) is 0 Å². The zero-order valence-electron chi connectivity index (χ0n) is 6.27. The average molecular weight is 177 g/mol. The van der Waals surface area contributed by atoms with E-state index in [4.69, 9.17) is 5.73 Å². The summed E-state index contributed by atoms with van der Waals surface area (Å²) < 4.78 is 4.00. The molecular weight excluding hydrogens is 170 g/mol. The number of hydrogen-bond acceptors (Lipinski definition) is 4. The Morgan fingerprint density at radius 3 is 2.92 bits per heavy atom. The van der Waals surface area contributed by atoms with Crippen molar-refractivity contribution in [3.63, 3.8) is 0 Å². The first-order chi connectivity index (χ1) is 5.86. The fourth-order valence-corrected chi connectivity index (χ4v) is 1.53. The van der Waals surface area contributed by atoms with Gasteiger partial charge in [0, 0.05) is 24.2 Å². The maximum Gasteiger partial charge on any atom is 0.0566 e. The molecule has 0 aliphatic heterocycles. The molecule has 0 fully saturated rings. The van der Waals surface area contributed by atoms with Gasteiger partial charge in [-0.15, -0.1) is 0 Å². The van der Waals surface area contributed by atoms with Gasteiger partial charge in [-0.3, -0.25) is 4.98 Å². The molecule has 2 N–H and O–H groups in total. The average Bonchev–Trinajstić information content (AvgIpc) is 2.56. The Labute approximate surface area is 74.0 Å². The van der Waals surface area contributed by atoms with Crippen LogP contribution < -0.4 is 5.73 Å². The van der Waals surface area contributed by atoms with Crippen molar-refractivity contribution in [2.45, 2.75) is 0 Å². The third-order valence-corrected chi connectivity index (χ3v) is 2.28. The fourth-order valence-electron chi connectivity index (χ4n) is 0.957. The molecule has 0 bridgehead atoms. The molecule has 60 valence electrons. The molecule has 0 saturated carbocycles. The summed E-state index contributed by atoms with van der Waals surface area (Å²) in [6, 6.07) is 3.83. The lowest BCUT2D eigenvalue weighted by Gasteiger charge is -1.95. The Kier molecular flexibility index (Phi) is 1.75. The van der Waals surface area contributed by atoms with Gasteiger partial charge in [0.1, 0.15) is 0 Å². The Bertz CT molecular complexity index is 370. The van der Waals surface area contributed by atoms with E-state index in [-0.39, 0.29) is 0 Å². The number of nitrogen functional groups attached to an aromatic ring is 1. The molecule has 0 radical (unpaired) electrons. The molecule has 0 aromatic carbocycles. The highest BCUT2D eigenvalue weighted by Gasteiger charge is 1.98. The largest absolute Gasteiger partial charge is 0.397 e. The minimum Gasteiger partial charge on any atom is -0.397 e. The maximum atomic E-state index is 5.59. The lowest BCUT2D eigenvalue weighted by atomic mass is 10.2. The van der Waals surface area contributed by atoms with Gasteiger partial charge >= 0.3 is 0 Å². The molecule has 2 aromatic heterocycles. The van der Waals surface area contributed by atoms with E-state index < -0.39 is 0 Å². The van der Waals surface area contributed by atoms with E-state index in [9.17, 15) is 0 Å². The van der Waals surface area contributed by atoms with Crippen molar-refractivity contribution in [2.75, 3.05) is 5.73 Å². The van der Waals surface area contributed by atoms with Gasteiger partial charge in [0.25, 0.3) is 0 Å². The van der Waals surface area contributed by atoms with E-state index in [1.807, 2.05) is 12.1 Å². The van der Waals surface area contributed by atoms with Gasteiger partial charge in [0.15, 0.2) is 0 Å². The predicted octanol–water partition coefficient (Wildman–Crippen LogP) is 1.79. The summed E-state index contributed by atoms with van der Waals surface area (Å²) >= 11 is 1.44. The van der Waals surface area contributed by atoms with Crippen LogP contribution in [0.5, 0.6) is 0 Å². The first-order valence-corrected chi connectivity index (χ1v) is 4.25. The fraction of sp³-hybridized carbons (Fsp3) is 0. The number of hydrogen-bond donors (Lipinski definition) is 1. The van der Waals surface area contributed by atoms with Gasteiger partial charge in [0.2, 0.25) is 0 Å². The molecule has 2 heterocycles. The lowest BCUT2D eigenvalue weighted by Crippen LogP contribution is -1.85. The molecule has 0 atom stereocenters. The summed E-state index contributed by atoms with van der Waals surface area (Å²) in [5.74, 6) is 0. The van der Waals surface area contributed by atoms with Crippen LogP contribution in [0.1, 0.15) is 0 Å². The molecule has 12 heavy (non-hydrogen) atoms. The van der Waals surface area contributed by atoms with Crippen molar-refractivity contribution in [3.8, 4) is 10.4 Å².